The van der Waals surface area contributed by atoms with Crippen LogP contribution in [0, 0.1) is 0 Å². The van der Waals surface area contributed by atoms with Crippen LogP contribution in [0.4, 0.5) is 4.39 Å². The van der Waals surface area contributed by atoms with Crippen molar-refractivity contribution in [2.45, 2.75) is 19.8 Å². The zero-order valence-electron chi connectivity index (χ0n) is 5.32. The van der Waals surface area contributed by atoms with E-state index in [1.807, 2.05) is 0 Å². The highest BCUT2D eigenvalue weighted by atomic mass is 19.1. The van der Waals surface area contributed by atoms with E-state index >= 15 is 0 Å². The van der Waals surface area contributed by atoms with Crippen molar-refractivity contribution < 1.29 is 9.50 Å². The molecule has 0 radical (unpaired) electrons. The number of halogens is 1. The summed E-state index contributed by atoms with van der Waals surface area (Å²) in [5, 5.41) is 8.78. The van der Waals surface area contributed by atoms with E-state index in [2.05, 4.69) is 0 Å². The van der Waals surface area contributed by atoms with E-state index in [-0.39, 0.29) is 11.6 Å². The zero-order valence-corrected chi connectivity index (χ0v) is 5.32. The number of hydrogen-bond acceptors (Lipinski definition) is 1. The van der Waals surface area contributed by atoms with Crippen LogP contribution in [0.1, 0.15) is 19.8 Å². The quantitative estimate of drug-likeness (QED) is 0.531. The standard InChI is InChI=1S/C7H9FO/c1-5-2-3-6(9)4-7(5)8/h4,9H,2-3H2,1H3. The summed E-state index contributed by atoms with van der Waals surface area (Å²) < 4.78 is 12.5. The van der Waals surface area contributed by atoms with Crippen LogP contribution in [0.2, 0.25) is 0 Å². The maximum atomic E-state index is 12.5. The average molecular weight is 128 g/mol. The van der Waals surface area contributed by atoms with Gasteiger partial charge in [-0.1, -0.05) is 0 Å². The third-order valence-corrected chi connectivity index (χ3v) is 1.46. The topological polar surface area (TPSA) is 20.2 Å². The largest absolute Gasteiger partial charge is 0.512 e. The van der Waals surface area contributed by atoms with Gasteiger partial charge in [0.15, 0.2) is 0 Å². The second-order valence-electron chi connectivity index (χ2n) is 2.26. The maximum absolute atomic E-state index is 12.5. The molecule has 0 fully saturated rings. The van der Waals surface area contributed by atoms with Gasteiger partial charge in [0.05, 0.1) is 5.76 Å². The minimum absolute atomic E-state index is 0.151. The van der Waals surface area contributed by atoms with Gasteiger partial charge < -0.3 is 5.11 Å². The Balaban J connectivity index is 2.83. The molecule has 2 heteroatoms. The molecule has 0 bridgehead atoms. The number of aliphatic hydroxyl groups is 1. The summed E-state index contributed by atoms with van der Waals surface area (Å²) in [6.07, 6.45) is 2.41. The summed E-state index contributed by atoms with van der Waals surface area (Å²) >= 11 is 0. The Hall–Kier alpha value is -0.790. The van der Waals surface area contributed by atoms with Crippen molar-refractivity contribution in [3.05, 3.63) is 23.2 Å². The Morgan fingerprint density at radius 3 is 2.67 bits per heavy atom. The van der Waals surface area contributed by atoms with Gasteiger partial charge in [-0.25, -0.2) is 4.39 Å². The smallest absolute Gasteiger partial charge is 0.125 e. The van der Waals surface area contributed by atoms with Gasteiger partial charge in [-0.3, -0.25) is 0 Å². The van der Waals surface area contributed by atoms with Crippen LogP contribution in [0.5, 0.6) is 0 Å². The Morgan fingerprint density at radius 2 is 2.22 bits per heavy atom. The maximum Gasteiger partial charge on any atom is 0.125 e. The molecule has 1 rings (SSSR count). The lowest BCUT2D eigenvalue weighted by Gasteiger charge is -2.07. The number of rotatable bonds is 0. The van der Waals surface area contributed by atoms with Gasteiger partial charge in [0.2, 0.25) is 0 Å². The van der Waals surface area contributed by atoms with Crippen molar-refractivity contribution in [3.8, 4) is 0 Å². The molecule has 0 atom stereocenters. The summed E-state index contributed by atoms with van der Waals surface area (Å²) in [7, 11) is 0. The molecule has 9 heavy (non-hydrogen) atoms. The molecule has 1 N–H and O–H groups in total. The molecule has 0 amide bonds. The minimum atomic E-state index is -0.279. The van der Waals surface area contributed by atoms with Crippen LogP contribution >= 0.6 is 0 Å². The fourth-order valence-electron chi connectivity index (χ4n) is 0.777. The second-order valence-corrected chi connectivity index (χ2v) is 2.26. The van der Waals surface area contributed by atoms with E-state index in [4.69, 9.17) is 5.11 Å². The van der Waals surface area contributed by atoms with Crippen LogP contribution in [0.25, 0.3) is 0 Å². The first kappa shape index (κ1) is 6.33. The molecule has 1 aliphatic rings. The molecule has 0 aliphatic heterocycles. The van der Waals surface area contributed by atoms with Crippen LogP contribution in [0.3, 0.4) is 0 Å². The molecule has 0 spiro atoms. The van der Waals surface area contributed by atoms with Crippen molar-refractivity contribution in [1.29, 1.82) is 0 Å². The normalized spacial score (nSPS) is 20.0. The first-order valence-corrected chi connectivity index (χ1v) is 2.95. The zero-order chi connectivity index (χ0) is 6.85. The lowest BCUT2D eigenvalue weighted by molar-refractivity contribution is 0.379. The minimum Gasteiger partial charge on any atom is -0.512 e. The van der Waals surface area contributed by atoms with Crippen molar-refractivity contribution in [1.82, 2.24) is 0 Å². The third-order valence-electron chi connectivity index (χ3n) is 1.46. The third kappa shape index (κ3) is 1.31. The highest BCUT2D eigenvalue weighted by Crippen LogP contribution is 2.22. The highest BCUT2D eigenvalue weighted by Gasteiger charge is 2.07. The van der Waals surface area contributed by atoms with E-state index in [9.17, 15) is 4.39 Å². The summed E-state index contributed by atoms with van der Waals surface area (Å²) in [4.78, 5) is 0. The highest BCUT2D eigenvalue weighted by molar-refractivity contribution is 5.24. The van der Waals surface area contributed by atoms with E-state index in [0.717, 1.165) is 5.57 Å². The Labute approximate surface area is 53.5 Å². The fraction of sp³-hybridized carbons (Fsp3) is 0.429. The van der Waals surface area contributed by atoms with Gasteiger partial charge in [-0.15, -0.1) is 0 Å². The van der Waals surface area contributed by atoms with Crippen molar-refractivity contribution in [2.24, 2.45) is 0 Å². The van der Waals surface area contributed by atoms with E-state index in [1.165, 1.54) is 6.08 Å². The van der Waals surface area contributed by atoms with E-state index < -0.39 is 0 Å². The Bertz CT molecular complexity index is 179. The predicted molar refractivity (Wildman–Crippen MR) is 33.8 cm³/mol. The summed E-state index contributed by atoms with van der Waals surface area (Å²) in [5.74, 6) is -0.128. The Morgan fingerprint density at radius 1 is 1.56 bits per heavy atom. The van der Waals surface area contributed by atoms with Gasteiger partial charge in [0.1, 0.15) is 5.83 Å². The van der Waals surface area contributed by atoms with Crippen LogP contribution < -0.4 is 0 Å². The molecule has 0 unspecified atom stereocenters. The van der Waals surface area contributed by atoms with Crippen molar-refractivity contribution >= 4 is 0 Å². The van der Waals surface area contributed by atoms with Crippen molar-refractivity contribution in [3.63, 3.8) is 0 Å². The second kappa shape index (κ2) is 2.21. The molecular formula is C7H9FO. The van der Waals surface area contributed by atoms with Crippen molar-refractivity contribution in [2.75, 3.05) is 0 Å². The lowest BCUT2D eigenvalue weighted by Crippen LogP contribution is -1.92. The molecule has 0 heterocycles. The molecule has 0 aromatic carbocycles. The van der Waals surface area contributed by atoms with Gasteiger partial charge in [0, 0.05) is 12.5 Å². The van der Waals surface area contributed by atoms with Gasteiger partial charge in [0.25, 0.3) is 0 Å². The molecule has 1 aliphatic carbocycles. The monoisotopic (exact) mass is 128 g/mol. The van der Waals surface area contributed by atoms with Gasteiger partial charge in [-0.2, -0.15) is 0 Å². The molecule has 1 nitrogen and oxygen atoms in total. The van der Waals surface area contributed by atoms with Gasteiger partial charge >= 0.3 is 0 Å². The summed E-state index contributed by atoms with van der Waals surface area (Å²) in [6.45, 7) is 1.73. The summed E-state index contributed by atoms with van der Waals surface area (Å²) in [5.41, 5.74) is 0.729. The molecule has 0 aromatic heterocycles. The molecular weight excluding hydrogens is 119 g/mol. The van der Waals surface area contributed by atoms with Crippen LogP contribution in [0.15, 0.2) is 23.2 Å². The van der Waals surface area contributed by atoms with Gasteiger partial charge in [-0.05, 0) is 18.9 Å². The summed E-state index contributed by atoms with van der Waals surface area (Å²) in [6, 6.07) is 0. The first-order chi connectivity index (χ1) is 4.20. The van der Waals surface area contributed by atoms with E-state index in [0.29, 0.717) is 12.8 Å². The lowest BCUT2D eigenvalue weighted by atomic mass is 10.1. The van der Waals surface area contributed by atoms with Crippen LogP contribution in [-0.2, 0) is 0 Å². The predicted octanol–water partition coefficient (Wildman–Crippen LogP) is 2.47. The SMILES string of the molecule is CC1=C(F)C=C(O)CC1. The fourth-order valence-corrected chi connectivity index (χ4v) is 0.777. The number of allylic oxidation sites excluding steroid dienone is 4. The molecule has 0 aromatic rings. The molecule has 0 saturated heterocycles. The molecule has 0 saturated carbocycles. The number of hydrogen-bond donors (Lipinski definition) is 1. The average Bonchev–Trinajstić information content (AvgIpc) is 1.80. The van der Waals surface area contributed by atoms with Crippen LogP contribution in [-0.4, -0.2) is 5.11 Å². The first-order valence-electron chi connectivity index (χ1n) is 2.95. The molecule has 50 valence electrons. The van der Waals surface area contributed by atoms with E-state index in [1.54, 1.807) is 6.92 Å². The number of aliphatic hydroxyl groups excluding tert-OH is 1. The Kier molecular flexibility index (Phi) is 1.56.